The van der Waals surface area contributed by atoms with Gasteiger partial charge in [0.25, 0.3) is 0 Å². The maximum atomic E-state index is 15.3. The fourth-order valence-electron chi connectivity index (χ4n) is 8.71. The number of imidazole rings is 1. The number of aromatic nitrogens is 8. The Hall–Kier alpha value is -5.88. The number of hydrogen-bond donors (Lipinski definition) is 1. The molecule has 1 amide bonds. The van der Waals surface area contributed by atoms with Gasteiger partial charge >= 0.3 is 0 Å². The summed E-state index contributed by atoms with van der Waals surface area (Å²) in [6.07, 6.45) is 3.98. The molecule has 4 aromatic heterocycles. The van der Waals surface area contributed by atoms with Crippen molar-refractivity contribution >= 4 is 45.7 Å². The molecule has 4 aliphatic rings. The lowest BCUT2D eigenvalue weighted by Crippen LogP contribution is -2.64. The molecule has 2 unspecified atom stereocenters. The van der Waals surface area contributed by atoms with E-state index < -0.39 is 29.6 Å². The van der Waals surface area contributed by atoms with Crippen LogP contribution in [0.4, 0.5) is 30.9 Å². The van der Waals surface area contributed by atoms with E-state index in [0.717, 1.165) is 12.5 Å². The number of carbonyl (C=O) groups excluding carboxylic acids is 1. The molecule has 0 spiro atoms. The first kappa shape index (κ1) is 34.6. The second-order valence-electron chi connectivity index (χ2n) is 14.9. The summed E-state index contributed by atoms with van der Waals surface area (Å²) in [6, 6.07) is 6.93. The summed E-state index contributed by atoms with van der Waals surface area (Å²) in [4.78, 5) is 44.5. The molecule has 0 radical (unpaired) electrons. The van der Waals surface area contributed by atoms with Crippen LogP contribution in [0.1, 0.15) is 18.7 Å². The summed E-state index contributed by atoms with van der Waals surface area (Å²) in [5.74, 6) is -0.312. The van der Waals surface area contributed by atoms with Gasteiger partial charge in [-0.05, 0) is 44.0 Å². The zero-order valence-electron chi connectivity index (χ0n) is 30.7. The molecular weight excluding hydrogens is 729 g/mol. The Morgan fingerprint density at radius 1 is 0.946 bits per heavy atom. The Morgan fingerprint density at radius 3 is 2.57 bits per heavy atom. The van der Waals surface area contributed by atoms with Crippen molar-refractivity contribution in [1.29, 1.82) is 0 Å². The van der Waals surface area contributed by atoms with Gasteiger partial charge in [-0.25, -0.2) is 32.8 Å². The first-order chi connectivity index (χ1) is 27.1. The minimum absolute atomic E-state index is 0.0217. The third-order valence-corrected chi connectivity index (χ3v) is 11.4. The van der Waals surface area contributed by atoms with Crippen molar-refractivity contribution < 1.29 is 27.4 Å². The average molecular weight is 767 g/mol. The topological polar surface area (TPSA) is 144 Å². The van der Waals surface area contributed by atoms with Gasteiger partial charge in [0.05, 0.1) is 66.3 Å². The molecule has 10 rings (SSSR count). The standard InChI is InChI=1S/C38H37F3N12O3/c1-19-44-30-10-21(40)8-26-29-6-7-42-37(46-29)45-22-11-32(36(54)49(2)15-25(55-3)16-50(19)33(26)30)51(14-22)34-27-13-43-53(31-5-4-20(39)9-28(31)41)35(27)48-38(47-34)52-23-12-24(52)18-56-17-23/h4-10,13,22-25,32H,11-12,14-18H2,1-3H3,(H,42,45,46)/t22-,23?,24?,25-,32-/m0/s1. The highest BCUT2D eigenvalue weighted by Gasteiger charge is 2.46. The Labute approximate surface area is 318 Å². The van der Waals surface area contributed by atoms with E-state index in [4.69, 9.17) is 24.4 Å². The number of methoxy groups -OCH3 is 1. The molecule has 0 saturated carbocycles. The second-order valence-corrected chi connectivity index (χ2v) is 14.9. The largest absolute Gasteiger partial charge is 0.378 e. The van der Waals surface area contributed by atoms with Gasteiger partial charge in [-0.2, -0.15) is 15.1 Å². The summed E-state index contributed by atoms with van der Waals surface area (Å²) < 4.78 is 59.4. The number of aryl methyl sites for hydroxylation is 1. The van der Waals surface area contributed by atoms with Crippen LogP contribution in [-0.2, 0) is 20.8 Å². The van der Waals surface area contributed by atoms with Crippen LogP contribution in [0, 0.1) is 24.4 Å². The Kier molecular flexibility index (Phi) is 8.10. The van der Waals surface area contributed by atoms with Gasteiger partial charge in [0.1, 0.15) is 35.0 Å². The smallest absolute Gasteiger partial charge is 0.245 e. The quantitative estimate of drug-likeness (QED) is 0.278. The van der Waals surface area contributed by atoms with Gasteiger partial charge < -0.3 is 34.1 Å². The van der Waals surface area contributed by atoms with Crippen LogP contribution in [0.2, 0.25) is 0 Å². The molecule has 0 aliphatic carbocycles. The Morgan fingerprint density at radius 2 is 1.79 bits per heavy atom. The van der Waals surface area contributed by atoms with E-state index in [0.29, 0.717) is 89.6 Å². The zero-order chi connectivity index (χ0) is 38.4. The highest BCUT2D eigenvalue weighted by molar-refractivity contribution is 5.94. The van der Waals surface area contributed by atoms with Crippen LogP contribution in [0.3, 0.4) is 0 Å². The lowest BCUT2D eigenvalue weighted by molar-refractivity contribution is -0.132. The van der Waals surface area contributed by atoms with Crippen molar-refractivity contribution in [2.75, 3.05) is 55.6 Å². The number of hydrogen-bond acceptors (Lipinski definition) is 12. The number of anilines is 3. The van der Waals surface area contributed by atoms with E-state index in [1.807, 2.05) is 16.4 Å². The Balaban J connectivity index is 1.10. The van der Waals surface area contributed by atoms with Crippen LogP contribution < -0.4 is 15.1 Å². The molecule has 6 aromatic rings. The molecule has 1 N–H and O–H groups in total. The highest BCUT2D eigenvalue weighted by atomic mass is 19.1. The summed E-state index contributed by atoms with van der Waals surface area (Å²) in [7, 11) is 3.34. The number of ether oxygens (including phenoxy) is 2. The SMILES string of the molecule is CO[C@H]1CN(C)C(=O)[C@@H]2C[C@@H](CN2c2nc(N3C4COCC3C4)nc3c2cnn3-c2ccc(F)cc2F)Nc2nccc(n2)-c2cc(F)cc3nc(C)n(c23)C1. The van der Waals surface area contributed by atoms with Crippen molar-refractivity contribution in [1.82, 2.24) is 44.2 Å². The second kappa shape index (κ2) is 13.1. The summed E-state index contributed by atoms with van der Waals surface area (Å²) >= 11 is 0. The summed E-state index contributed by atoms with van der Waals surface area (Å²) in [5.41, 5.74) is 2.58. The number of amides is 1. The fourth-order valence-corrected chi connectivity index (χ4v) is 8.71. The number of nitrogens with zero attached hydrogens (tertiary/aromatic N) is 11. The number of nitrogens with one attached hydrogen (secondary N) is 1. The molecule has 8 heterocycles. The maximum absolute atomic E-state index is 15.3. The minimum Gasteiger partial charge on any atom is -0.378 e. The van der Waals surface area contributed by atoms with Gasteiger partial charge in [-0.15, -0.1) is 0 Å². The van der Waals surface area contributed by atoms with Gasteiger partial charge in [0.2, 0.25) is 17.8 Å². The fraction of sp³-hybridized carbons (Fsp3) is 0.395. The first-order valence-corrected chi connectivity index (χ1v) is 18.5. The zero-order valence-corrected chi connectivity index (χ0v) is 30.7. The maximum Gasteiger partial charge on any atom is 0.245 e. The van der Waals surface area contributed by atoms with Crippen molar-refractivity contribution in [3.05, 3.63) is 72.1 Å². The molecule has 3 fully saturated rings. The lowest BCUT2D eigenvalue weighted by atomic mass is 9.92. The van der Waals surface area contributed by atoms with E-state index in [9.17, 15) is 9.18 Å². The van der Waals surface area contributed by atoms with Gasteiger partial charge in [0, 0.05) is 57.2 Å². The third kappa shape index (κ3) is 5.60. The highest BCUT2D eigenvalue weighted by Crippen LogP contribution is 2.39. The average Bonchev–Trinajstić information content (AvgIpc) is 3.88. The summed E-state index contributed by atoms with van der Waals surface area (Å²) in [5, 5.41) is 8.46. The Bertz CT molecular complexity index is 2530. The molecular formula is C38H37F3N12O3. The number of rotatable bonds is 4. The number of halogens is 3. The third-order valence-electron chi connectivity index (χ3n) is 11.4. The van der Waals surface area contributed by atoms with E-state index in [-0.39, 0.29) is 36.3 Å². The van der Waals surface area contributed by atoms with Gasteiger partial charge in [0.15, 0.2) is 11.5 Å². The van der Waals surface area contributed by atoms with Crippen LogP contribution in [0.25, 0.3) is 39.0 Å². The van der Waals surface area contributed by atoms with Crippen molar-refractivity contribution in [2.45, 2.75) is 56.6 Å². The number of benzene rings is 2. The van der Waals surface area contributed by atoms with Crippen LogP contribution in [0.5, 0.6) is 0 Å². The minimum atomic E-state index is -0.800. The van der Waals surface area contributed by atoms with Gasteiger partial charge in [-0.1, -0.05) is 0 Å². The van der Waals surface area contributed by atoms with E-state index in [1.54, 1.807) is 37.5 Å². The molecule has 15 nitrogen and oxygen atoms in total. The van der Waals surface area contributed by atoms with Crippen LogP contribution in [-0.4, -0.2) is 121 Å². The normalized spacial score (nSPS) is 23.6. The molecule has 4 aliphatic heterocycles. The van der Waals surface area contributed by atoms with E-state index in [1.165, 1.54) is 28.9 Å². The summed E-state index contributed by atoms with van der Waals surface area (Å²) in [6.45, 7) is 3.76. The number of fused-ring (bicyclic) bond motifs is 8. The van der Waals surface area contributed by atoms with Crippen molar-refractivity contribution in [3.8, 4) is 16.9 Å². The molecule has 5 atom stereocenters. The van der Waals surface area contributed by atoms with Gasteiger partial charge in [-0.3, -0.25) is 4.79 Å². The number of carbonyl (C=O) groups is 1. The first-order valence-electron chi connectivity index (χ1n) is 18.5. The molecule has 6 bridgehead atoms. The van der Waals surface area contributed by atoms with Crippen LogP contribution in [0.15, 0.2) is 48.8 Å². The lowest BCUT2D eigenvalue weighted by Gasteiger charge is -2.52. The predicted molar refractivity (Wildman–Crippen MR) is 199 cm³/mol. The molecule has 56 heavy (non-hydrogen) atoms. The number of likely N-dealkylation sites (N-methyl/N-ethyl adjacent to an activating group) is 1. The van der Waals surface area contributed by atoms with E-state index >= 15 is 8.78 Å². The molecule has 3 saturated heterocycles. The molecule has 18 heteroatoms. The molecule has 288 valence electrons. The van der Waals surface area contributed by atoms with Crippen LogP contribution >= 0.6 is 0 Å². The van der Waals surface area contributed by atoms with E-state index in [2.05, 4.69) is 25.3 Å². The number of morpholine rings is 1. The predicted octanol–water partition coefficient (Wildman–Crippen LogP) is 3.87. The van der Waals surface area contributed by atoms with Crippen molar-refractivity contribution in [2.24, 2.45) is 0 Å². The monoisotopic (exact) mass is 766 g/mol. The van der Waals surface area contributed by atoms with Crippen molar-refractivity contribution in [3.63, 3.8) is 0 Å². The molecule has 2 aromatic carbocycles.